The molecule has 0 saturated carbocycles. The summed E-state index contributed by atoms with van der Waals surface area (Å²) in [5.41, 5.74) is 7.23. The molecule has 108 valence electrons. The van der Waals surface area contributed by atoms with E-state index in [1.54, 1.807) is 36.5 Å². The minimum atomic E-state index is -0.316. The van der Waals surface area contributed by atoms with E-state index in [-0.39, 0.29) is 11.8 Å². The third-order valence-corrected chi connectivity index (χ3v) is 3.60. The number of carbonyl (C=O) groups is 1. The Morgan fingerprint density at radius 2 is 2.19 bits per heavy atom. The number of rotatable bonds is 4. The monoisotopic (exact) mass is 365 g/mol. The van der Waals surface area contributed by atoms with Crippen LogP contribution in [0.2, 0.25) is 0 Å². The second-order valence-electron chi connectivity index (χ2n) is 4.07. The number of anilines is 1. The zero-order valence-corrected chi connectivity index (χ0v) is 13.5. The standard InChI is InChI=1S/C14H12BrN3O2S/c1-20-14-9(3-2-6-17-14)13(19)18-11-5-4-8(12(16)21)7-10(11)15/h2-7H,1H3,(H2,16,21)(H,18,19). The average molecular weight is 366 g/mol. The minimum Gasteiger partial charge on any atom is -0.480 e. The fourth-order valence-electron chi connectivity index (χ4n) is 1.69. The van der Waals surface area contributed by atoms with Gasteiger partial charge in [0.05, 0.1) is 12.8 Å². The van der Waals surface area contributed by atoms with Crippen LogP contribution in [-0.4, -0.2) is 23.0 Å². The van der Waals surface area contributed by atoms with Crippen LogP contribution in [0.15, 0.2) is 41.0 Å². The van der Waals surface area contributed by atoms with Crippen LogP contribution in [-0.2, 0) is 0 Å². The summed E-state index contributed by atoms with van der Waals surface area (Å²) in [6.45, 7) is 0. The molecule has 0 saturated heterocycles. The van der Waals surface area contributed by atoms with E-state index >= 15 is 0 Å². The van der Waals surface area contributed by atoms with Crippen LogP contribution in [0.25, 0.3) is 0 Å². The van der Waals surface area contributed by atoms with Crippen LogP contribution in [0, 0.1) is 0 Å². The van der Waals surface area contributed by atoms with Crippen molar-refractivity contribution in [2.24, 2.45) is 5.73 Å². The Labute approximate surface area is 135 Å². The number of thiocarbonyl (C=S) groups is 1. The van der Waals surface area contributed by atoms with Gasteiger partial charge in [0.25, 0.3) is 5.91 Å². The Morgan fingerprint density at radius 1 is 1.43 bits per heavy atom. The first-order valence-electron chi connectivity index (χ1n) is 5.92. The highest BCUT2D eigenvalue weighted by Crippen LogP contribution is 2.25. The highest BCUT2D eigenvalue weighted by atomic mass is 79.9. The van der Waals surface area contributed by atoms with Gasteiger partial charge in [-0.25, -0.2) is 4.98 Å². The number of carbonyl (C=O) groups excluding carboxylic acids is 1. The van der Waals surface area contributed by atoms with Crippen LogP contribution >= 0.6 is 28.1 Å². The summed E-state index contributed by atoms with van der Waals surface area (Å²) in [5, 5.41) is 2.78. The normalized spacial score (nSPS) is 10.0. The summed E-state index contributed by atoms with van der Waals surface area (Å²) in [4.78, 5) is 16.5. The molecule has 5 nitrogen and oxygen atoms in total. The summed E-state index contributed by atoms with van der Waals surface area (Å²) >= 11 is 8.28. The van der Waals surface area contributed by atoms with Crippen LogP contribution in [0.3, 0.4) is 0 Å². The molecule has 0 atom stereocenters. The lowest BCUT2D eigenvalue weighted by atomic mass is 10.2. The van der Waals surface area contributed by atoms with Gasteiger partial charge in [-0.05, 0) is 46.3 Å². The largest absolute Gasteiger partial charge is 0.480 e. The molecule has 1 aromatic heterocycles. The number of hydrogen-bond acceptors (Lipinski definition) is 4. The maximum atomic E-state index is 12.3. The van der Waals surface area contributed by atoms with Crippen molar-refractivity contribution < 1.29 is 9.53 Å². The molecule has 0 bridgehead atoms. The van der Waals surface area contributed by atoms with E-state index in [9.17, 15) is 4.79 Å². The van der Waals surface area contributed by atoms with Gasteiger partial charge < -0.3 is 15.8 Å². The van der Waals surface area contributed by atoms with Gasteiger partial charge in [0.2, 0.25) is 5.88 Å². The second kappa shape index (κ2) is 6.64. The predicted octanol–water partition coefficient (Wildman–Crippen LogP) is 2.74. The van der Waals surface area contributed by atoms with Gasteiger partial charge in [-0.2, -0.15) is 0 Å². The Hall–Kier alpha value is -1.99. The fraction of sp³-hybridized carbons (Fsp3) is 0.0714. The summed E-state index contributed by atoms with van der Waals surface area (Å²) in [6, 6.07) is 8.52. The minimum absolute atomic E-state index is 0.269. The van der Waals surface area contributed by atoms with E-state index in [4.69, 9.17) is 22.7 Å². The predicted molar refractivity (Wildman–Crippen MR) is 88.8 cm³/mol. The summed E-state index contributed by atoms with van der Waals surface area (Å²) in [6.07, 6.45) is 1.56. The van der Waals surface area contributed by atoms with Crippen molar-refractivity contribution in [2.45, 2.75) is 0 Å². The quantitative estimate of drug-likeness (QED) is 0.814. The van der Waals surface area contributed by atoms with Crippen LogP contribution in [0.5, 0.6) is 5.88 Å². The van der Waals surface area contributed by atoms with Crippen molar-refractivity contribution in [1.29, 1.82) is 0 Å². The number of methoxy groups -OCH3 is 1. The number of nitrogens with two attached hydrogens (primary N) is 1. The molecule has 1 aromatic carbocycles. The van der Waals surface area contributed by atoms with Gasteiger partial charge in [-0.3, -0.25) is 4.79 Å². The van der Waals surface area contributed by atoms with Crippen molar-refractivity contribution in [2.75, 3.05) is 12.4 Å². The lowest BCUT2D eigenvalue weighted by Crippen LogP contribution is -2.15. The zero-order valence-electron chi connectivity index (χ0n) is 11.1. The Bertz CT molecular complexity index is 706. The van der Waals surface area contributed by atoms with Gasteiger partial charge in [-0.1, -0.05) is 12.2 Å². The zero-order chi connectivity index (χ0) is 15.4. The van der Waals surface area contributed by atoms with E-state index in [1.807, 2.05) is 0 Å². The van der Waals surface area contributed by atoms with Gasteiger partial charge in [0.1, 0.15) is 10.6 Å². The molecule has 3 N–H and O–H groups in total. The number of aromatic nitrogens is 1. The molecule has 1 heterocycles. The average Bonchev–Trinajstić information content (AvgIpc) is 2.48. The first-order valence-corrected chi connectivity index (χ1v) is 7.12. The summed E-state index contributed by atoms with van der Waals surface area (Å²) in [5.74, 6) is -0.0467. The first-order chi connectivity index (χ1) is 10.0. The van der Waals surface area contributed by atoms with Gasteiger partial charge in [0, 0.05) is 16.2 Å². The number of hydrogen-bond donors (Lipinski definition) is 2. The molecular formula is C14H12BrN3O2S. The maximum absolute atomic E-state index is 12.3. The van der Waals surface area contributed by atoms with E-state index in [2.05, 4.69) is 26.2 Å². The molecular weight excluding hydrogens is 354 g/mol. The number of pyridine rings is 1. The highest BCUT2D eigenvalue weighted by Gasteiger charge is 2.14. The van der Waals surface area contributed by atoms with Crippen molar-refractivity contribution in [3.8, 4) is 5.88 Å². The molecule has 0 aliphatic rings. The van der Waals surface area contributed by atoms with Crippen molar-refractivity contribution in [3.05, 3.63) is 52.1 Å². The highest BCUT2D eigenvalue weighted by molar-refractivity contribution is 9.10. The Balaban J connectivity index is 2.26. The lowest BCUT2D eigenvalue weighted by molar-refractivity contribution is 0.102. The topological polar surface area (TPSA) is 77.2 Å². The lowest BCUT2D eigenvalue weighted by Gasteiger charge is -2.10. The number of nitrogens with one attached hydrogen (secondary N) is 1. The third-order valence-electron chi connectivity index (χ3n) is 2.71. The van der Waals surface area contributed by atoms with Gasteiger partial charge in [0.15, 0.2) is 0 Å². The van der Waals surface area contributed by atoms with Crippen LogP contribution in [0.1, 0.15) is 15.9 Å². The van der Waals surface area contributed by atoms with Crippen molar-refractivity contribution >= 4 is 44.7 Å². The van der Waals surface area contributed by atoms with Crippen molar-refractivity contribution in [1.82, 2.24) is 4.98 Å². The molecule has 21 heavy (non-hydrogen) atoms. The number of nitrogens with zero attached hydrogens (tertiary/aromatic N) is 1. The number of benzene rings is 1. The molecule has 0 unspecified atom stereocenters. The molecule has 7 heteroatoms. The molecule has 1 amide bonds. The molecule has 2 rings (SSSR count). The van der Waals surface area contributed by atoms with E-state index in [1.165, 1.54) is 7.11 Å². The van der Waals surface area contributed by atoms with Gasteiger partial charge in [-0.15, -0.1) is 0 Å². The number of ether oxygens (including phenoxy) is 1. The Kier molecular flexibility index (Phi) is 4.87. The smallest absolute Gasteiger partial charge is 0.261 e. The Morgan fingerprint density at radius 3 is 2.81 bits per heavy atom. The third kappa shape index (κ3) is 3.56. The second-order valence-corrected chi connectivity index (χ2v) is 5.37. The molecule has 0 fully saturated rings. The van der Waals surface area contributed by atoms with Crippen LogP contribution in [0.4, 0.5) is 5.69 Å². The SMILES string of the molecule is COc1ncccc1C(=O)Nc1ccc(C(N)=S)cc1Br. The molecule has 2 aromatic rings. The molecule has 0 spiro atoms. The van der Waals surface area contributed by atoms with Crippen molar-refractivity contribution in [3.63, 3.8) is 0 Å². The summed E-state index contributed by atoms with van der Waals surface area (Å²) < 4.78 is 5.75. The van der Waals surface area contributed by atoms with E-state index in [0.717, 1.165) is 0 Å². The van der Waals surface area contributed by atoms with E-state index < -0.39 is 0 Å². The van der Waals surface area contributed by atoms with E-state index in [0.29, 0.717) is 26.3 Å². The van der Waals surface area contributed by atoms with Gasteiger partial charge >= 0.3 is 0 Å². The number of halogens is 1. The maximum Gasteiger partial charge on any atom is 0.261 e. The van der Waals surface area contributed by atoms with Crippen LogP contribution < -0.4 is 15.8 Å². The first kappa shape index (κ1) is 15.4. The number of amides is 1. The molecule has 0 aliphatic heterocycles. The fourth-order valence-corrected chi connectivity index (χ4v) is 2.29. The summed E-state index contributed by atoms with van der Waals surface area (Å²) in [7, 11) is 1.46. The molecule has 0 radical (unpaired) electrons. The molecule has 0 aliphatic carbocycles.